The topological polar surface area (TPSA) is 34.9 Å². The third kappa shape index (κ3) is 2.54. The van der Waals surface area contributed by atoms with Crippen molar-refractivity contribution in [2.45, 2.75) is 6.92 Å². The SMILES string of the molecule is Cc1cc2nc(-c3ccccc3)n(-c3ccc(Cl)cc3)c(=O)c2s1. The summed E-state index contributed by atoms with van der Waals surface area (Å²) in [6, 6.07) is 18.9. The molecule has 0 aliphatic rings. The number of fused-ring (bicyclic) bond motifs is 1. The van der Waals surface area contributed by atoms with E-state index in [1.807, 2.05) is 55.5 Å². The fraction of sp³-hybridized carbons (Fsp3) is 0.0526. The molecule has 2 aromatic carbocycles. The maximum Gasteiger partial charge on any atom is 0.276 e. The van der Waals surface area contributed by atoms with E-state index in [1.165, 1.54) is 11.3 Å². The molecule has 0 unspecified atom stereocenters. The summed E-state index contributed by atoms with van der Waals surface area (Å²) in [4.78, 5) is 19.0. The van der Waals surface area contributed by atoms with Crippen LogP contribution in [0.1, 0.15) is 4.88 Å². The first-order chi connectivity index (χ1) is 11.6. The summed E-state index contributed by atoms with van der Waals surface area (Å²) in [7, 11) is 0. The first kappa shape index (κ1) is 15.1. The van der Waals surface area contributed by atoms with Crippen LogP contribution in [0.3, 0.4) is 0 Å². The van der Waals surface area contributed by atoms with Gasteiger partial charge in [-0.05, 0) is 37.3 Å². The summed E-state index contributed by atoms with van der Waals surface area (Å²) in [5.41, 5.74) is 2.34. The van der Waals surface area contributed by atoms with Crippen molar-refractivity contribution in [2.75, 3.05) is 0 Å². The number of nitrogens with zero attached hydrogens (tertiary/aromatic N) is 2. The highest BCUT2D eigenvalue weighted by molar-refractivity contribution is 7.18. The van der Waals surface area contributed by atoms with Crippen molar-refractivity contribution in [3.05, 3.63) is 80.9 Å². The van der Waals surface area contributed by atoms with Crippen molar-refractivity contribution in [1.29, 1.82) is 0 Å². The summed E-state index contributed by atoms with van der Waals surface area (Å²) >= 11 is 7.47. The van der Waals surface area contributed by atoms with E-state index >= 15 is 0 Å². The number of hydrogen-bond donors (Lipinski definition) is 0. The van der Waals surface area contributed by atoms with E-state index in [0.717, 1.165) is 21.6 Å². The van der Waals surface area contributed by atoms with E-state index in [4.69, 9.17) is 16.6 Å². The Kier molecular flexibility index (Phi) is 3.71. The standard InChI is InChI=1S/C19H13ClN2OS/c1-12-11-16-17(24-12)19(23)22(15-9-7-14(20)8-10-15)18(21-16)13-5-3-2-4-6-13/h2-11H,1H3. The first-order valence-corrected chi connectivity index (χ1v) is 8.67. The molecule has 3 nitrogen and oxygen atoms in total. The maximum absolute atomic E-state index is 13.1. The molecule has 0 N–H and O–H groups in total. The van der Waals surface area contributed by atoms with Gasteiger partial charge in [-0.3, -0.25) is 9.36 Å². The number of aryl methyl sites for hydroxylation is 1. The van der Waals surface area contributed by atoms with Crippen molar-refractivity contribution in [3.63, 3.8) is 0 Å². The van der Waals surface area contributed by atoms with E-state index in [1.54, 1.807) is 16.7 Å². The Morgan fingerprint density at radius 1 is 1.04 bits per heavy atom. The average molecular weight is 353 g/mol. The number of halogens is 1. The molecule has 0 atom stereocenters. The minimum atomic E-state index is -0.0562. The Morgan fingerprint density at radius 2 is 1.75 bits per heavy atom. The molecule has 5 heteroatoms. The zero-order valence-corrected chi connectivity index (χ0v) is 14.4. The second-order valence-corrected chi connectivity index (χ2v) is 7.18. The van der Waals surface area contributed by atoms with E-state index in [-0.39, 0.29) is 5.56 Å². The molecular formula is C19H13ClN2OS. The van der Waals surface area contributed by atoms with Gasteiger partial charge >= 0.3 is 0 Å². The lowest BCUT2D eigenvalue weighted by Crippen LogP contribution is -2.20. The highest BCUT2D eigenvalue weighted by atomic mass is 35.5. The van der Waals surface area contributed by atoms with Gasteiger partial charge in [0.15, 0.2) is 0 Å². The lowest BCUT2D eigenvalue weighted by Gasteiger charge is -2.12. The molecule has 0 saturated carbocycles. The van der Waals surface area contributed by atoms with Crippen LogP contribution in [-0.2, 0) is 0 Å². The maximum atomic E-state index is 13.1. The van der Waals surface area contributed by atoms with Gasteiger partial charge in [0, 0.05) is 15.5 Å². The molecule has 0 radical (unpaired) electrons. The third-order valence-electron chi connectivity index (χ3n) is 3.79. The lowest BCUT2D eigenvalue weighted by atomic mass is 10.2. The average Bonchev–Trinajstić information content (AvgIpc) is 2.97. The molecule has 2 aromatic heterocycles. The van der Waals surface area contributed by atoms with Crippen molar-refractivity contribution < 1.29 is 0 Å². The van der Waals surface area contributed by atoms with Crippen LogP contribution in [0.25, 0.3) is 27.3 Å². The second kappa shape index (κ2) is 5.89. The van der Waals surface area contributed by atoms with Crippen LogP contribution in [0, 0.1) is 6.92 Å². The van der Waals surface area contributed by atoms with E-state index in [0.29, 0.717) is 15.5 Å². The number of aromatic nitrogens is 2. The minimum Gasteiger partial charge on any atom is -0.267 e. The van der Waals surface area contributed by atoms with Crippen LogP contribution in [0.2, 0.25) is 5.02 Å². The zero-order valence-electron chi connectivity index (χ0n) is 12.9. The largest absolute Gasteiger partial charge is 0.276 e. The molecule has 24 heavy (non-hydrogen) atoms. The van der Waals surface area contributed by atoms with Crippen LogP contribution in [0.4, 0.5) is 0 Å². The summed E-state index contributed by atoms with van der Waals surface area (Å²) in [6.07, 6.45) is 0. The van der Waals surface area contributed by atoms with Crippen molar-refractivity contribution in [1.82, 2.24) is 9.55 Å². The fourth-order valence-corrected chi connectivity index (χ4v) is 3.72. The second-order valence-electron chi connectivity index (χ2n) is 5.49. The van der Waals surface area contributed by atoms with E-state index in [2.05, 4.69) is 0 Å². The molecular weight excluding hydrogens is 340 g/mol. The van der Waals surface area contributed by atoms with Gasteiger partial charge < -0.3 is 0 Å². The van der Waals surface area contributed by atoms with Crippen LogP contribution in [-0.4, -0.2) is 9.55 Å². The molecule has 0 amide bonds. The molecule has 118 valence electrons. The van der Waals surface area contributed by atoms with Gasteiger partial charge in [0.25, 0.3) is 5.56 Å². The monoisotopic (exact) mass is 352 g/mol. The molecule has 2 heterocycles. The number of rotatable bonds is 2. The Morgan fingerprint density at radius 3 is 2.46 bits per heavy atom. The van der Waals surface area contributed by atoms with Gasteiger partial charge in [0.1, 0.15) is 10.5 Å². The van der Waals surface area contributed by atoms with Gasteiger partial charge in [-0.1, -0.05) is 41.9 Å². The summed E-state index contributed by atoms with van der Waals surface area (Å²) < 4.78 is 2.33. The zero-order chi connectivity index (χ0) is 16.7. The van der Waals surface area contributed by atoms with Gasteiger partial charge in [-0.15, -0.1) is 11.3 Å². The van der Waals surface area contributed by atoms with Crippen molar-refractivity contribution in [3.8, 4) is 17.1 Å². The first-order valence-electron chi connectivity index (χ1n) is 7.48. The smallest absolute Gasteiger partial charge is 0.267 e. The van der Waals surface area contributed by atoms with Crippen LogP contribution < -0.4 is 5.56 Å². The quantitative estimate of drug-likeness (QED) is 0.504. The van der Waals surface area contributed by atoms with Gasteiger partial charge in [0.2, 0.25) is 0 Å². The predicted octanol–water partition coefficient (Wildman–Crippen LogP) is 5.08. The molecule has 0 aliphatic heterocycles. The normalized spacial score (nSPS) is 11.1. The fourth-order valence-electron chi connectivity index (χ4n) is 2.71. The number of thiophene rings is 1. The highest BCUT2D eigenvalue weighted by Crippen LogP contribution is 2.26. The van der Waals surface area contributed by atoms with E-state index in [9.17, 15) is 4.79 Å². The molecule has 0 saturated heterocycles. The van der Waals surface area contributed by atoms with Crippen molar-refractivity contribution >= 4 is 33.2 Å². The Balaban J connectivity index is 2.10. The molecule has 0 bridgehead atoms. The molecule has 0 aliphatic carbocycles. The summed E-state index contributed by atoms with van der Waals surface area (Å²) in [5, 5.41) is 0.633. The van der Waals surface area contributed by atoms with Crippen LogP contribution in [0.5, 0.6) is 0 Å². The number of benzene rings is 2. The molecule has 0 fully saturated rings. The van der Waals surface area contributed by atoms with Gasteiger partial charge in [-0.25, -0.2) is 4.98 Å². The molecule has 4 rings (SSSR count). The van der Waals surface area contributed by atoms with Crippen LogP contribution in [0.15, 0.2) is 65.5 Å². The van der Waals surface area contributed by atoms with Crippen molar-refractivity contribution in [2.24, 2.45) is 0 Å². The highest BCUT2D eigenvalue weighted by Gasteiger charge is 2.16. The van der Waals surface area contributed by atoms with Gasteiger partial charge in [0.05, 0.1) is 11.2 Å². The molecule has 0 spiro atoms. The lowest BCUT2D eigenvalue weighted by molar-refractivity contribution is 0.980. The Hall–Kier alpha value is -2.43. The van der Waals surface area contributed by atoms with Crippen LogP contribution >= 0.6 is 22.9 Å². The van der Waals surface area contributed by atoms with E-state index < -0.39 is 0 Å². The summed E-state index contributed by atoms with van der Waals surface area (Å²) in [5.74, 6) is 0.633. The Labute approximate surface area is 147 Å². The predicted molar refractivity (Wildman–Crippen MR) is 100 cm³/mol. The summed E-state index contributed by atoms with van der Waals surface area (Å²) in [6.45, 7) is 1.99. The number of hydrogen-bond acceptors (Lipinski definition) is 3. The minimum absolute atomic E-state index is 0.0562. The molecule has 4 aromatic rings. The third-order valence-corrected chi connectivity index (χ3v) is 5.07. The Bertz CT molecular complexity index is 1080. The van der Waals surface area contributed by atoms with Gasteiger partial charge in [-0.2, -0.15) is 0 Å².